The molecule has 0 saturated carbocycles. The lowest BCUT2D eigenvalue weighted by atomic mass is 10.1. The molecule has 3 rings (SSSR count). The molecule has 5 nitrogen and oxygen atoms in total. The molecule has 2 heterocycles. The van der Waals surface area contributed by atoms with Gasteiger partial charge in [0.1, 0.15) is 11.0 Å². The normalized spacial score (nSPS) is 10.9. The van der Waals surface area contributed by atoms with Crippen molar-refractivity contribution in [2.24, 2.45) is 0 Å². The summed E-state index contributed by atoms with van der Waals surface area (Å²) in [6.45, 7) is 1.77. The van der Waals surface area contributed by atoms with Gasteiger partial charge in [0.25, 0.3) is 5.91 Å². The zero-order chi connectivity index (χ0) is 15.9. The van der Waals surface area contributed by atoms with Gasteiger partial charge in [-0.05, 0) is 34.5 Å². The summed E-state index contributed by atoms with van der Waals surface area (Å²) in [5.41, 5.74) is 1.49. The molecule has 112 valence electrons. The first-order valence-corrected chi connectivity index (χ1v) is 7.39. The van der Waals surface area contributed by atoms with E-state index in [1.807, 2.05) is 0 Å². The van der Waals surface area contributed by atoms with Crippen molar-refractivity contribution >= 4 is 50.0 Å². The fourth-order valence-electron chi connectivity index (χ4n) is 2.01. The van der Waals surface area contributed by atoms with Crippen LogP contribution in [-0.4, -0.2) is 21.1 Å². The van der Waals surface area contributed by atoms with E-state index in [0.717, 1.165) is 5.56 Å². The second kappa shape index (κ2) is 5.66. The van der Waals surface area contributed by atoms with E-state index in [2.05, 4.69) is 36.4 Å². The summed E-state index contributed by atoms with van der Waals surface area (Å²) in [6.07, 6.45) is 3.01. The molecule has 2 aromatic heterocycles. The SMILES string of the molecule is Cc1c(Br)cncc1C(=O)Nc1cc2c(Cl)[nH]nc2cc1F. The molecular formula is C14H9BrClFN4O. The van der Waals surface area contributed by atoms with Crippen LogP contribution in [0.25, 0.3) is 10.9 Å². The quantitative estimate of drug-likeness (QED) is 0.700. The highest BCUT2D eigenvalue weighted by molar-refractivity contribution is 9.10. The van der Waals surface area contributed by atoms with Crippen LogP contribution in [0, 0.1) is 12.7 Å². The van der Waals surface area contributed by atoms with Crippen molar-refractivity contribution in [2.45, 2.75) is 6.92 Å². The summed E-state index contributed by atoms with van der Waals surface area (Å²) < 4.78 is 14.8. The minimum absolute atomic E-state index is 0.0279. The first kappa shape index (κ1) is 14.9. The van der Waals surface area contributed by atoms with Crippen molar-refractivity contribution in [1.29, 1.82) is 0 Å². The number of amides is 1. The van der Waals surface area contributed by atoms with Crippen LogP contribution in [0.1, 0.15) is 15.9 Å². The number of benzene rings is 1. The average molecular weight is 384 g/mol. The van der Waals surface area contributed by atoms with Gasteiger partial charge in [-0.3, -0.25) is 14.9 Å². The van der Waals surface area contributed by atoms with E-state index in [-0.39, 0.29) is 10.8 Å². The predicted octanol–water partition coefficient (Wildman–Crippen LogP) is 4.07. The van der Waals surface area contributed by atoms with Crippen molar-refractivity contribution in [2.75, 3.05) is 5.32 Å². The Hall–Kier alpha value is -1.99. The Balaban J connectivity index is 1.98. The lowest BCUT2D eigenvalue weighted by Gasteiger charge is -2.09. The van der Waals surface area contributed by atoms with Gasteiger partial charge in [0.15, 0.2) is 0 Å². The molecule has 0 fully saturated rings. The van der Waals surface area contributed by atoms with Crippen LogP contribution < -0.4 is 5.32 Å². The van der Waals surface area contributed by atoms with Gasteiger partial charge in [0.2, 0.25) is 0 Å². The standard InChI is InChI=1S/C14H9BrClFN4O/c1-6-8(4-18-5-9(6)15)14(22)19-12-2-7-11(3-10(12)17)20-21-13(7)16/h2-5H,1H3,(H,19,22)(H,20,21). The third kappa shape index (κ3) is 2.57. The largest absolute Gasteiger partial charge is 0.319 e. The average Bonchev–Trinajstić information content (AvgIpc) is 2.83. The molecule has 0 aliphatic carbocycles. The Morgan fingerprint density at radius 3 is 2.95 bits per heavy atom. The molecule has 0 radical (unpaired) electrons. The van der Waals surface area contributed by atoms with Crippen molar-refractivity contribution in [3.63, 3.8) is 0 Å². The zero-order valence-corrected chi connectivity index (χ0v) is 13.6. The molecule has 0 unspecified atom stereocenters. The highest BCUT2D eigenvalue weighted by Gasteiger charge is 2.15. The number of pyridine rings is 1. The molecule has 1 aromatic carbocycles. The summed E-state index contributed by atoms with van der Waals surface area (Å²) >= 11 is 9.23. The van der Waals surface area contributed by atoms with Crippen LogP contribution in [0.4, 0.5) is 10.1 Å². The molecule has 0 saturated heterocycles. The molecule has 0 spiro atoms. The van der Waals surface area contributed by atoms with E-state index in [1.165, 1.54) is 18.3 Å². The highest BCUT2D eigenvalue weighted by Crippen LogP contribution is 2.27. The summed E-state index contributed by atoms with van der Waals surface area (Å²) in [5.74, 6) is -1.05. The second-order valence-electron chi connectivity index (χ2n) is 4.63. The Morgan fingerprint density at radius 2 is 2.18 bits per heavy atom. The number of aromatic nitrogens is 3. The van der Waals surface area contributed by atoms with Crippen molar-refractivity contribution < 1.29 is 9.18 Å². The van der Waals surface area contributed by atoms with Gasteiger partial charge >= 0.3 is 0 Å². The van der Waals surface area contributed by atoms with Gasteiger partial charge in [-0.1, -0.05) is 11.6 Å². The molecule has 0 atom stereocenters. The Labute approximate surface area is 138 Å². The molecule has 22 heavy (non-hydrogen) atoms. The molecule has 8 heteroatoms. The van der Waals surface area contributed by atoms with Crippen LogP contribution in [-0.2, 0) is 0 Å². The fraction of sp³-hybridized carbons (Fsp3) is 0.0714. The van der Waals surface area contributed by atoms with Gasteiger partial charge in [0, 0.05) is 28.3 Å². The number of hydrogen-bond acceptors (Lipinski definition) is 3. The van der Waals surface area contributed by atoms with Crippen LogP contribution in [0.2, 0.25) is 5.15 Å². The van der Waals surface area contributed by atoms with Crippen LogP contribution in [0.15, 0.2) is 29.0 Å². The number of H-pyrrole nitrogens is 1. The van der Waals surface area contributed by atoms with E-state index in [4.69, 9.17) is 11.6 Å². The monoisotopic (exact) mass is 382 g/mol. The number of nitrogens with one attached hydrogen (secondary N) is 2. The number of aromatic amines is 1. The maximum atomic E-state index is 14.0. The highest BCUT2D eigenvalue weighted by atomic mass is 79.9. The topological polar surface area (TPSA) is 70.7 Å². The van der Waals surface area contributed by atoms with E-state index >= 15 is 0 Å². The number of hydrogen-bond donors (Lipinski definition) is 2. The molecule has 0 bridgehead atoms. The van der Waals surface area contributed by atoms with Crippen molar-refractivity contribution in [3.8, 4) is 0 Å². The summed E-state index contributed by atoms with van der Waals surface area (Å²) in [4.78, 5) is 16.3. The first-order valence-electron chi connectivity index (χ1n) is 6.22. The minimum atomic E-state index is -0.593. The molecular weight excluding hydrogens is 375 g/mol. The number of carbonyl (C=O) groups excluding carboxylic acids is 1. The van der Waals surface area contributed by atoms with Crippen LogP contribution in [0.3, 0.4) is 0 Å². The number of anilines is 1. The maximum absolute atomic E-state index is 14.0. The van der Waals surface area contributed by atoms with Gasteiger partial charge < -0.3 is 5.32 Å². The smallest absolute Gasteiger partial charge is 0.257 e. The third-order valence-electron chi connectivity index (χ3n) is 3.24. The molecule has 3 aromatic rings. The second-order valence-corrected chi connectivity index (χ2v) is 5.87. The van der Waals surface area contributed by atoms with Gasteiger partial charge in [-0.2, -0.15) is 5.10 Å². The van der Waals surface area contributed by atoms with Crippen LogP contribution >= 0.6 is 27.5 Å². The maximum Gasteiger partial charge on any atom is 0.257 e. The predicted molar refractivity (Wildman–Crippen MR) is 85.7 cm³/mol. The molecule has 0 aliphatic heterocycles. The molecule has 2 N–H and O–H groups in total. The summed E-state index contributed by atoms with van der Waals surface area (Å²) in [5, 5.41) is 9.75. The van der Waals surface area contributed by atoms with E-state index in [9.17, 15) is 9.18 Å². The fourth-order valence-corrected chi connectivity index (χ4v) is 2.54. The Bertz CT molecular complexity index is 896. The van der Waals surface area contributed by atoms with Gasteiger partial charge in [-0.25, -0.2) is 4.39 Å². The van der Waals surface area contributed by atoms with E-state index in [1.54, 1.807) is 13.1 Å². The van der Waals surface area contributed by atoms with Crippen molar-refractivity contribution in [3.05, 3.63) is 51.1 Å². The lowest BCUT2D eigenvalue weighted by Crippen LogP contribution is -2.15. The molecule has 0 aliphatic rings. The lowest BCUT2D eigenvalue weighted by molar-refractivity contribution is 0.102. The first-order chi connectivity index (χ1) is 10.5. The van der Waals surface area contributed by atoms with Gasteiger partial charge in [-0.15, -0.1) is 0 Å². The van der Waals surface area contributed by atoms with Crippen molar-refractivity contribution in [1.82, 2.24) is 15.2 Å². The van der Waals surface area contributed by atoms with Gasteiger partial charge in [0.05, 0.1) is 16.8 Å². The number of halogens is 3. The molecule has 1 amide bonds. The zero-order valence-electron chi connectivity index (χ0n) is 11.2. The Kier molecular flexibility index (Phi) is 3.84. The number of nitrogens with zero attached hydrogens (tertiary/aromatic N) is 2. The van der Waals surface area contributed by atoms with Crippen LogP contribution in [0.5, 0.6) is 0 Å². The Morgan fingerprint density at radius 1 is 1.41 bits per heavy atom. The number of fused-ring (bicyclic) bond motifs is 1. The third-order valence-corrected chi connectivity index (χ3v) is 4.33. The number of rotatable bonds is 2. The summed E-state index contributed by atoms with van der Waals surface area (Å²) in [6, 6.07) is 2.65. The van der Waals surface area contributed by atoms with E-state index < -0.39 is 11.7 Å². The van der Waals surface area contributed by atoms with E-state index in [0.29, 0.717) is 20.9 Å². The minimum Gasteiger partial charge on any atom is -0.319 e. The number of carbonyl (C=O) groups is 1. The summed E-state index contributed by atoms with van der Waals surface area (Å²) in [7, 11) is 0.